The van der Waals surface area contributed by atoms with Crippen LogP contribution in [0.3, 0.4) is 0 Å². The third-order valence-corrected chi connectivity index (χ3v) is 7.20. The van der Waals surface area contributed by atoms with Gasteiger partial charge >= 0.3 is 11.9 Å². The number of esters is 1. The minimum absolute atomic E-state index is 0.145. The molecule has 0 aliphatic carbocycles. The lowest BCUT2D eigenvalue weighted by Gasteiger charge is -2.36. The van der Waals surface area contributed by atoms with E-state index in [-0.39, 0.29) is 17.4 Å². The van der Waals surface area contributed by atoms with E-state index < -0.39 is 59.3 Å². The monoisotopic (exact) mass is 595 g/mol. The Labute approximate surface area is 213 Å². The zero-order chi connectivity index (χ0) is 26.0. The number of rotatable bonds is 3. The number of methoxy groups -OCH3 is 1. The van der Waals surface area contributed by atoms with Gasteiger partial charge in [-0.05, 0) is 26.7 Å². The van der Waals surface area contributed by atoms with Gasteiger partial charge in [0, 0.05) is 37.8 Å². The highest BCUT2D eigenvalue weighted by molar-refractivity contribution is 14.1. The number of hydrogen-bond donors (Lipinski definition) is 1. The van der Waals surface area contributed by atoms with Crippen molar-refractivity contribution in [1.82, 2.24) is 5.06 Å². The number of halogens is 1. The molecular formula is C22H34IN3O8. The van der Waals surface area contributed by atoms with E-state index in [4.69, 9.17) is 23.2 Å². The zero-order valence-corrected chi connectivity index (χ0v) is 22.7. The summed E-state index contributed by atoms with van der Waals surface area (Å²) in [6.45, 7) is 8.51. The molecule has 0 aromatic carbocycles. The van der Waals surface area contributed by atoms with Gasteiger partial charge in [-0.1, -0.05) is 25.9 Å². The molecule has 2 fully saturated rings. The van der Waals surface area contributed by atoms with Crippen LogP contribution in [0.4, 0.5) is 0 Å². The summed E-state index contributed by atoms with van der Waals surface area (Å²) in [5.74, 6) is -6.78. The molecule has 12 heteroatoms. The summed E-state index contributed by atoms with van der Waals surface area (Å²) in [6, 6.07) is 0. The minimum Gasteiger partial charge on any atom is -0.442 e. The number of ether oxygens (including phenoxy) is 2. The number of Topliss-reactive ketones (excluding diaryl/α,β-unsaturated/α-hetero) is 2. The van der Waals surface area contributed by atoms with Gasteiger partial charge in [-0.15, -0.1) is 5.06 Å². The highest BCUT2D eigenvalue weighted by Crippen LogP contribution is 2.40. The fourth-order valence-corrected chi connectivity index (χ4v) is 5.29. The summed E-state index contributed by atoms with van der Waals surface area (Å²) in [6.07, 6.45) is -0.451. The zero-order valence-electron chi connectivity index (χ0n) is 20.6. The second kappa shape index (κ2) is 11.3. The third-order valence-electron chi connectivity index (χ3n) is 7.00. The number of fused-ring (bicyclic) bond motifs is 1. The molecule has 2 saturated heterocycles. The van der Waals surface area contributed by atoms with Crippen LogP contribution in [0.15, 0.2) is 5.16 Å². The average Bonchev–Trinajstić information content (AvgIpc) is 3.13. The van der Waals surface area contributed by atoms with Crippen molar-refractivity contribution >= 4 is 52.3 Å². The molecule has 8 atom stereocenters. The number of hydroxylamine groups is 2. The van der Waals surface area contributed by atoms with Gasteiger partial charge < -0.3 is 23.2 Å². The normalized spacial score (nSPS) is 39.2. The van der Waals surface area contributed by atoms with Crippen LogP contribution in [-0.2, 0) is 36.7 Å². The van der Waals surface area contributed by atoms with Gasteiger partial charge in [-0.25, -0.2) is 4.79 Å². The van der Waals surface area contributed by atoms with Crippen molar-refractivity contribution in [2.75, 3.05) is 14.2 Å². The van der Waals surface area contributed by atoms with E-state index in [1.54, 1.807) is 20.8 Å². The number of hydrogen-bond acceptors (Lipinski definition) is 10. The Balaban J connectivity index is 2.56. The molecule has 0 amide bonds. The number of nitrogens with two attached hydrogens (primary N) is 1. The maximum Gasteiger partial charge on any atom is 0.335 e. The Kier molecular flexibility index (Phi) is 9.44. The standard InChI is InChI=1S/C22H34IN3O8/c1-10-8-22(5,31-7)9-11(2)17(28)13(4)20(29)33-26(6)19-14(12(3)16(10)27)15(21(30)32-19)18(24)25-34-23/h10-15,19H,8-9H2,1-7H3,(H2,24,25)/t10-,11?,12-,13?,14?,15?,19?,22-/m1/s1. The third kappa shape index (κ3) is 5.88. The highest BCUT2D eigenvalue weighted by Gasteiger charge is 2.54. The van der Waals surface area contributed by atoms with Crippen molar-refractivity contribution in [3.63, 3.8) is 0 Å². The van der Waals surface area contributed by atoms with E-state index in [0.29, 0.717) is 12.8 Å². The quantitative estimate of drug-likeness (QED) is 0.128. The van der Waals surface area contributed by atoms with Crippen molar-refractivity contribution in [2.45, 2.75) is 59.3 Å². The molecule has 0 aromatic rings. The number of ketones is 2. The molecule has 5 unspecified atom stereocenters. The first-order valence-electron chi connectivity index (χ1n) is 11.2. The molecule has 2 N–H and O–H groups in total. The SMILES string of the molecule is CO[C@@]1(C)CC(C)C(=O)C(C)C(=O)ON(C)C2OC(=O)C(/C(N)=N/OI)C2[C@@H](C)C(=O)[C@H](C)C1. The van der Waals surface area contributed by atoms with Crippen LogP contribution in [-0.4, -0.2) is 60.4 Å². The highest BCUT2D eigenvalue weighted by atomic mass is 127. The largest absolute Gasteiger partial charge is 0.442 e. The fraction of sp³-hybridized carbons (Fsp3) is 0.773. The predicted octanol–water partition coefficient (Wildman–Crippen LogP) is 2.01. The average molecular weight is 595 g/mol. The molecule has 0 aromatic heterocycles. The molecule has 2 aliphatic rings. The molecule has 0 bridgehead atoms. The van der Waals surface area contributed by atoms with Crippen LogP contribution in [0.1, 0.15) is 47.5 Å². The first kappa shape index (κ1) is 28.4. The lowest BCUT2D eigenvalue weighted by molar-refractivity contribution is -0.235. The number of carbonyl (C=O) groups excluding carboxylic acids is 4. The van der Waals surface area contributed by atoms with Gasteiger partial charge in [0.15, 0.2) is 12.1 Å². The molecule has 11 nitrogen and oxygen atoms in total. The van der Waals surface area contributed by atoms with E-state index in [0.717, 1.165) is 5.06 Å². The minimum atomic E-state index is -1.12. The Morgan fingerprint density at radius 1 is 1.09 bits per heavy atom. The molecule has 2 heterocycles. The maximum atomic E-state index is 13.5. The molecule has 34 heavy (non-hydrogen) atoms. The van der Waals surface area contributed by atoms with E-state index in [1.807, 2.05) is 6.92 Å². The fourth-order valence-electron chi connectivity index (χ4n) is 5.06. The van der Waals surface area contributed by atoms with Gasteiger partial charge in [-0.2, -0.15) is 0 Å². The van der Waals surface area contributed by atoms with Crippen LogP contribution in [0, 0.1) is 35.5 Å². The number of nitrogens with zero attached hydrogens (tertiary/aromatic N) is 2. The van der Waals surface area contributed by atoms with Gasteiger partial charge in [0.05, 0.1) is 5.60 Å². The van der Waals surface area contributed by atoms with Gasteiger partial charge in [0.25, 0.3) is 0 Å². The lowest BCUT2D eigenvalue weighted by Crippen LogP contribution is -2.48. The van der Waals surface area contributed by atoms with Crippen molar-refractivity contribution in [1.29, 1.82) is 0 Å². The first-order valence-corrected chi connectivity index (χ1v) is 12.0. The summed E-state index contributed by atoms with van der Waals surface area (Å²) in [7, 11) is 2.94. The first-order chi connectivity index (χ1) is 15.8. The summed E-state index contributed by atoms with van der Waals surface area (Å²) in [5.41, 5.74) is 5.21. The molecule has 2 rings (SSSR count). The van der Waals surface area contributed by atoms with E-state index in [9.17, 15) is 19.2 Å². The Morgan fingerprint density at radius 2 is 1.65 bits per heavy atom. The molecule has 0 radical (unpaired) electrons. The summed E-state index contributed by atoms with van der Waals surface area (Å²) in [5, 5.41) is 4.73. The smallest absolute Gasteiger partial charge is 0.335 e. The van der Waals surface area contributed by atoms with Gasteiger partial charge in [-0.3, -0.25) is 14.4 Å². The van der Waals surface area contributed by atoms with Crippen LogP contribution in [0.2, 0.25) is 0 Å². The second-order valence-corrected chi connectivity index (χ2v) is 10.00. The van der Waals surface area contributed by atoms with E-state index in [1.165, 1.54) is 44.1 Å². The number of carbonyl (C=O) groups is 4. The Morgan fingerprint density at radius 3 is 2.18 bits per heavy atom. The summed E-state index contributed by atoms with van der Waals surface area (Å²) >= 11 is 1.51. The molecular weight excluding hydrogens is 561 g/mol. The number of oxime groups is 1. The lowest BCUT2D eigenvalue weighted by atomic mass is 9.74. The van der Waals surface area contributed by atoms with Crippen molar-refractivity contribution in [3.05, 3.63) is 0 Å². The molecule has 192 valence electrons. The van der Waals surface area contributed by atoms with Crippen molar-refractivity contribution in [2.24, 2.45) is 46.4 Å². The van der Waals surface area contributed by atoms with E-state index in [2.05, 4.69) is 5.16 Å². The topological polar surface area (TPSA) is 147 Å². The Bertz CT molecular complexity index is 852. The molecule has 0 saturated carbocycles. The van der Waals surface area contributed by atoms with Crippen molar-refractivity contribution in [3.8, 4) is 0 Å². The molecule has 2 aliphatic heterocycles. The maximum absolute atomic E-state index is 13.5. The van der Waals surface area contributed by atoms with Crippen LogP contribution < -0.4 is 5.73 Å². The van der Waals surface area contributed by atoms with Gasteiger partial charge in [0.2, 0.25) is 23.0 Å². The number of amidine groups is 1. The second-order valence-electron chi connectivity index (χ2n) is 9.60. The Hall–Kier alpha value is -1.80. The molecule has 0 spiro atoms. The summed E-state index contributed by atoms with van der Waals surface area (Å²) in [4.78, 5) is 57.4. The predicted molar refractivity (Wildman–Crippen MR) is 129 cm³/mol. The van der Waals surface area contributed by atoms with Crippen LogP contribution in [0.25, 0.3) is 0 Å². The van der Waals surface area contributed by atoms with Crippen LogP contribution >= 0.6 is 23.0 Å². The van der Waals surface area contributed by atoms with E-state index >= 15 is 0 Å². The van der Waals surface area contributed by atoms with Gasteiger partial charge in [0.1, 0.15) is 23.4 Å². The van der Waals surface area contributed by atoms with Crippen LogP contribution in [0.5, 0.6) is 0 Å². The summed E-state index contributed by atoms with van der Waals surface area (Å²) < 4.78 is 15.9. The van der Waals surface area contributed by atoms with Crippen molar-refractivity contribution < 1.29 is 36.7 Å².